The minimum absolute atomic E-state index is 1.07. The maximum absolute atomic E-state index is 2.48. The van der Waals surface area contributed by atoms with E-state index >= 15 is 0 Å². The van der Waals surface area contributed by atoms with Crippen molar-refractivity contribution in [2.45, 2.75) is 0 Å². The van der Waals surface area contributed by atoms with E-state index in [9.17, 15) is 0 Å². The van der Waals surface area contributed by atoms with Crippen LogP contribution in [0.5, 0.6) is 0 Å². The zero-order valence-corrected chi connectivity index (χ0v) is 36.3. The predicted molar refractivity (Wildman–Crippen MR) is 280 cm³/mol. The van der Waals surface area contributed by atoms with Crippen LogP contribution >= 0.6 is 0 Å². The van der Waals surface area contributed by atoms with E-state index in [-0.39, 0.29) is 0 Å². The number of para-hydroxylation sites is 4. The molecule has 0 spiro atoms. The molecule has 11 aromatic carbocycles. The monoisotopic (exact) mass is 840 g/mol. The summed E-state index contributed by atoms with van der Waals surface area (Å²) < 4.78 is 2.44. The van der Waals surface area contributed by atoms with Gasteiger partial charge in [-0.15, -0.1) is 0 Å². The standard InChI is InChI=1S/C64H44N2/c1-4-22-45(23-5-1)49-28-10-11-30-51(49)53-42-43-64(55-32-13-12-31-52(53)55)65(60-36-18-14-29-50(60)46-24-6-2-7-25-46)48-40-41-54(59(44-48)47-26-8-3-9-27-47)56-33-15-19-37-61(56)66-62-38-20-16-34-57(62)58-35-17-21-39-63(58)66/h1-44H. The van der Waals surface area contributed by atoms with Crippen molar-refractivity contribution in [2.24, 2.45) is 0 Å². The summed E-state index contributed by atoms with van der Waals surface area (Å²) in [7, 11) is 0. The fourth-order valence-corrected chi connectivity index (χ4v) is 10.1. The second-order valence-corrected chi connectivity index (χ2v) is 16.8. The van der Waals surface area contributed by atoms with Crippen LogP contribution in [0.3, 0.4) is 0 Å². The Kier molecular flexibility index (Phi) is 9.89. The van der Waals surface area contributed by atoms with Crippen molar-refractivity contribution in [2.75, 3.05) is 4.90 Å². The van der Waals surface area contributed by atoms with Crippen LogP contribution in [0.15, 0.2) is 267 Å². The molecule has 66 heavy (non-hydrogen) atoms. The molecule has 0 aliphatic rings. The predicted octanol–water partition coefficient (Wildman–Crippen LogP) is 17.7. The van der Waals surface area contributed by atoms with Crippen molar-refractivity contribution in [3.63, 3.8) is 0 Å². The minimum Gasteiger partial charge on any atom is -0.309 e. The Balaban J connectivity index is 1.11. The van der Waals surface area contributed by atoms with Crippen molar-refractivity contribution in [3.05, 3.63) is 267 Å². The van der Waals surface area contributed by atoms with Gasteiger partial charge in [-0.3, -0.25) is 0 Å². The van der Waals surface area contributed by atoms with Gasteiger partial charge in [0.2, 0.25) is 0 Å². The Labute approximate surface area is 385 Å². The molecule has 0 unspecified atom stereocenters. The Bertz CT molecular complexity index is 3650. The molecule has 0 saturated carbocycles. The lowest BCUT2D eigenvalue weighted by atomic mass is 9.90. The molecule has 2 nitrogen and oxygen atoms in total. The summed E-state index contributed by atoms with van der Waals surface area (Å²) in [4.78, 5) is 2.48. The first-order chi connectivity index (χ1) is 32.8. The first-order valence-corrected chi connectivity index (χ1v) is 22.7. The van der Waals surface area contributed by atoms with Crippen LogP contribution in [-0.2, 0) is 0 Å². The molecule has 0 amide bonds. The van der Waals surface area contributed by atoms with Gasteiger partial charge in [-0.2, -0.15) is 0 Å². The molecule has 0 saturated heterocycles. The first-order valence-electron chi connectivity index (χ1n) is 22.7. The highest BCUT2D eigenvalue weighted by molar-refractivity contribution is 6.11. The third kappa shape index (κ3) is 6.75. The topological polar surface area (TPSA) is 8.17 Å². The number of benzene rings is 11. The quantitative estimate of drug-likeness (QED) is 0.141. The van der Waals surface area contributed by atoms with E-state index < -0.39 is 0 Å². The fraction of sp³-hybridized carbons (Fsp3) is 0. The molecule has 0 bridgehead atoms. The van der Waals surface area contributed by atoms with Gasteiger partial charge < -0.3 is 9.47 Å². The van der Waals surface area contributed by atoms with Crippen LogP contribution in [0, 0.1) is 0 Å². The lowest BCUT2D eigenvalue weighted by Crippen LogP contribution is -2.12. The van der Waals surface area contributed by atoms with Gasteiger partial charge in [-0.05, 0) is 92.4 Å². The zero-order valence-electron chi connectivity index (χ0n) is 36.3. The summed E-state index contributed by atoms with van der Waals surface area (Å²) >= 11 is 0. The molecule has 1 aromatic heterocycles. The van der Waals surface area contributed by atoms with Gasteiger partial charge in [0.05, 0.1) is 28.1 Å². The van der Waals surface area contributed by atoms with E-state index in [4.69, 9.17) is 0 Å². The summed E-state index contributed by atoms with van der Waals surface area (Å²) in [6, 6.07) is 97.0. The SMILES string of the molecule is c1ccc(-c2cc(N(c3ccccc3-c3ccccc3)c3ccc(-c4ccccc4-c4ccccc4)c4ccccc34)ccc2-c2ccccc2-n2c3ccccc3c3ccccc32)cc1. The normalized spacial score (nSPS) is 11.3. The van der Waals surface area contributed by atoms with Gasteiger partial charge in [-0.25, -0.2) is 0 Å². The molecule has 0 aliphatic heterocycles. The van der Waals surface area contributed by atoms with Gasteiger partial charge >= 0.3 is 0 Å². The van der Waals surface area contributed by atoms with E-state index in [2.05, 4.69) is 276 Å². The van der Waals surface area contributed by atoms with E-state index in [0.717, 1.165) is 56.1 Å². The summed E-state index contributed by atoms with van der Waals surface area (Å²) in [5.74, 6) is 0. The Hall–Kier alpha value is -8.72. The lowest BCUT2D eigenvalue weighted by Gasteiger charge is -2.30. The number of anilines is 3. The second-order valence-electron chi connectivity index (χ2n) is 16.8. The molecular formula is C64H44N2. The van der Waals surface area contributed by atoms with Crippen molar-refractivity contribution >= 4 is 49.6 Å². The molecule has 12 rings (SSSR count). The average Bonchev–Trinajstić information content (AvgIpc) is 3.74. The van der Waals surface area contributed by atoms with E-state index in [1.165, 1.54) is 54.8 Å². The smallest absolute Gasteiger partial charge is 0.0541 e. The van der Waals surface area contributed by atoms with Crippen LogP contribution in [0.25, 0.3) is 93.9 Å². The minimum atomic E-state index is 1.07. The van der Waals surface area contributed by atoms with E-state index in [1.807, 2.05) is 0 Å². The maximum Gasteiger partial charge on any atom is 0.0541 e. The Morgan fingerprint density at radius 2 is 0.682 bits per heavy atom. The highest BCUT2D eigenvalue weighted by Crippen LogP contribution is 2.48. The number of nitrogens with zero attached hydrogens (tertiary/aromatic N) is 2. The molecule has 0 radical (unpaired) electrons. The van der Waals surface area contributed by atoms with Gasteiger partial charge in [-0.1, -0.05) is 224 Å². The molecule has 310 valence electrons. The molecule has 2 heteroatoms. The van der Waals surface area contributed by atoms with Gasteiger partial charge in [0.1, 0.15) is 0 Å². The van der Waals surface area contributed by atoms with Crippen molar-refractivity contribution in [3.8, 4) is 61.3 Å². The van der Waals surface area contributed by atoms with Gasteiger partial charge in [0.25, 0.3) is 0 Å². The second kappa shape index (κ2) is 16.8. The molecule has 0 aliphatic carbocycles. The maximum atomic E-state index is 2.48. The number of rotatable bonds is 9. The Morgan fingerprint density at radius 1 is 0.242 bits per heavy atom. The average molecular weight is 841 g/mol. The van der Waals surface area contributed by atoms with Crippen LogP contribution in [-0.4, -0.2) is 4.57 Å². The summed E-state index contributed by atoms with van der Waals surface area (Å²) in [5.41, 5.74) is 18.6. The third-order valence-electron chi connectivity index (χ3n) is 13.0. The fourth-order valence-electron chi connectivity index (χ4n) is 10.1. The largest absolute Gasteiger partial charge is 0.309 e. The molecule has 12 aromatic rings. The van der Waals surface area contributed by atoms with Gasteiger partial charge in [0.15, 0.2) is 0 Å². The first kappa shape index (κ1) is 38.9. The number of fused-ring (bicyclic) bond motifs is 4. The van der Waals surface area contributed by atoms with Gasteiger partial charge in [0, 0.05) is 33.0 Å². The lowest BCUT2D eigenvalue weighted by molar-refractivity contribution is 1.18. The van der Waals surface area contributed by atoms with Crippen molar-refractivity contribution < 1.29 is 0 Å². The van der Waals surface area contributed by atoms with E-state index in [0.29, 0.717) is 0 Å². The highest BCUT2D eigenvalue weighted by Gasteiger charge is 2.24. The van der Waals surface area contributed by atoms with Crippen molar-refractivity contribution in [1.82, 2.24) is 4.57 Å². The summed E-state index contributed by atoms with van der Waals surface area (Å²) in [6.07, 6.45) is 0. The number of hydrogen-bond acceptors (Lipinski definition) is 1. The Morgan fingerprint density at radius 3 is 1.33 bits per heavy atom. The number of hydrogen-bond donors (Lipinski definition) is 0. The summed E-state index contributed by atoms with van der Waals surface area (Å²) in [6.45, 7) is 0. The molecular weight excluding hydrogens is 797 g/mol. The summed E-state index contributed by atoms with van der Waals surface area (Å²) in [5, 5.41) is 4.86. The van der Waals surface area contributed by atoms with Crippen LogP contribution in [0.4, 0.5) is 17.1 Å². The third-order valence-corrected chi connectivity index (χ3v) is 13.0. The van der Waals surface area contributed by atoms with Crippen LogP contribution in [0.1, 0.15) is 0 Å². The highest BCUT2D eigenvalue weighted by atomic mass is 15.1. The molecule has 0 fully saturated rings. The van der Waals surface area contributed by atoms with Crippen LogP contribution < -0.4 is 4.90 Å². The number of aromatic nitrogens is 1. The molecule has 1 heterocycles. The zero-order chi connectivity index (χ0) is 43.8. The van der Waals surface area contributed by atoms with Crippen molar-refractivity contribution in [1.29, 1.82) is 0 Å². The molecule has 0 atom stereocenters. The molecule has 0 N–H and O–H groups in total. The van der Waals surface area contributed by atoms with E-state index in [1.54, 1.807) is 0 Å². The van der Waals surface area contributed by atoms with Crippen LogP contribution in [0.2, 0.25) is 0 Å².